The molecule has 112 valence electrons. The summed E-state index contributed by atoms with van der Waals surface area (Å²) in [7, 11) is -4.24. The monoisotopic (exact) mass is 322 g/mol. The number of hydrogen-bond acceptors (Lipinski definition) is 2. The zero-order chi connectivity index (χ0) is 15.8. The molecule has 0 atom stereocenters. The smallest absolute Gasteiger partial charge is 0.200 e. The molecule has 0 fully saturated rings. The molecular weight excluding hydrogens is 315 g/mol. The van der Waals surface area contributed by atoms with Crippen LogP contribution in [0, 0.1) is 29.1 Å². The predicted octanol–water partition coefficient (Wildman–Crippen LogP) is 3.36. The fourth-order valence-corrected chi connectivity index (χ4v) is 3.05. The van der Waals surface area contributed by atoms with Gasteiger partial charge < -0.3 is 0 Å². The molecule has 0 unspecified atom stereocenters. The third-order valence-electron chi connectivity index (χ3n) is 2.74. The Bertz CT molecular complexity index is 759. The van der Waals surface area contributed by atoms with E-state index in [2.05, 4.69) is 0 Å². The van der Waals surface area contributed by atoms with Gasteiger partial charge in [-0.05, 0) is 12.1 Å². The highest BCUT2D eigenvalue weighted by atomic mass is 32.2. The Morgan fingerprint density at radius 2 is 1.14 bits per heavy atom. The second-order valence-electron chi connectivity index (χ2n) is 4.12. The number of benzene rings is 2. The molecule has 0 saturated heterocycles. The van der Waals surface area contributed by atoms with E-state index in [1.165, 1.54) is 18.2 Å². The molecule has 0 aliphatic rings. The molecule has 0 radical (unpaired) electrons. The number of halogens is 5. The molecule has 2 aromatic carbocycles. The van der Waals surface area contributed by atoms with Gasteiger partial charge in [-0.25, -0.2) is 30.4 Å². The van der Waals surface area contributed by atoms with Crippen LogP contribution >= 0.6 is 0 Å². The summed E-state index contributed by atoms with van der Waals surface area (Å²) in [5.41, 5.74) is -1.38. The largest absolute Gasteiger partial charge is 0.223 e. The molecule has 0 aliphatic carbocycles. The summed E-state index contributed by atoms with van der Waals surface area (Å²) in [5.74, 6) is -12.3. The van der Waals surface area contributed by atoms with Crippen LogP contribution in [-0.2, 0) is 15.6 Å². The minimum atomic E-state index is -4.24. The van der Waals surface area contributed by atoms with Crippen LogP contribution in [0.5, 0.6) is 0 Å². The van der Waals surface area contributed by atoms with Gasteiger partial charge in [0.25, 0.3) is 0 Å². The first kappa shape index (κ1) is 15.4. The Balaban J connectivity index is 2.55. The fraction of sp³-hybridized carbons (Fsp3) is 0.0769. The number of rotatable bonds is 3. The van der Waals surface area contributed by atoms with Crippen molar-refractivity contribution >= 4 is 9.84 Å². The molecule has 0 spiro atoms. The van der Waals surface area contributed by atoms with Gasteiger partial charge in [0.1, 0.15) is 0 Å². The molecule has 2 rings (SSSR count). The first-order chi connectivity index (χ1) is 9.75. The summed E-state index contributed by atoms with van der Waals surface area (Å²) in [6.45, 7) is 0. The van der Waals surface area contributed by atoms with E-state index in [4.69, 9.17) is 0 Å². The van der Waals surface area contributed by atoms with E-state index >= 15 is 0 Å². The quantitative estimate of drug-likeness (QED) is 0.493. The second kappa shape index (κ2) is 5.44. The molecular formula is C13H7F5O2S. The SMILES string of the molecule is O=S(=O)(Cc1c(F)c(F)c(F)c(F)c1F)c1ccccc1. The van der Waals surface area contributed by atoms with Gasteiger partial charge in [0, 0.05) is 5.56 Å². The van der Waals surface area contributed by atoms with Crippen molar-refractivity contribution in [3.63, 3.8) is 0 Å². The summed E-state index contributed by atoms with van der Waals surface area (Å²) in [4.78, 5) is -0.283. The van der Waals surface area contributed by atoms with Crippen LogP contribution < -0.4 is 0 Å². The zero-order valence-electron chi connectivity index (χ0n) is 10.2. The van der Waals surface area contributed by atoms with Gasteiger partial charge >= 0.3 is 0 Å². The second-order valence-corrected chi connectivity index (χ2v) is 6.11. The first-order valence-electron chi connectivity index (χ1n) is 5.54. The summed E-state index contributed by atoms with van der Waals surface area (Å²) in [6.07, 6.45) is 0. The molecule has 2 aromatic rings. The van der Waals surface area contributed by atoms with Gasteiger partial charge in [0.2, 0.25) is 5.82 Å². The summed E-state index contributed by atoms with van der Waals surface area (Å²) in [5, 5.41) is 0. The maximum Gasteiger partial charge on any atom is 0.200 e. The maximum atomic E-state index is 13.5. The Morgan fingerprint density at radius 3 is 1.62 bits per heavy atom. The lowest BCUT2D eigenvalue weighted by atomic mass is 10.2. The van der Waals surface area contributed by atoms with Gasteiger partial charge in [0.15, 0.2) is 33.1 Å². The van der Waals surface area contributed by atoms with Crippen molar-refractivity contribution in [1.29, 1.82) is 0 Å². The van der Waals surface area contributed by atoms with Crippen LogP contribution in [0.4, 0.5) is 22.0 Å². The summed E-state index contributed by atoms with van der Waals surface area (Å²) >= 11 is 0. The molecule has 0 aromatic heterocycles. The van der Waals surface area contributed by atoms with E-state index in [0.29, 0.717) is 0 Å². The number of sulfone groups is 1. The minimum absolute atomic E-state index is 0.283. The molecule has 0 aliphatic heterocycles. The maximum absolute atomic E-state index is 13.5. The van der Waals surface area contributed by atoms with Crippen molar-refractivity contribution in [2.45, 2.75) is 10.6 Å². The summed E-state index contributed by atoms with van der Waals surface area (Å²) < 4.78 is 89.7. The van der Waals surface area contributed by atoms with Crippen LogP contribution in [0.15, 0.2) is 35.2 Å². The Labute approximate surface area is 116 Å². The topological polar surface area (TPSA) is 34.1 Å². The highest BCUT2D eigenvalue weighted by Gasteiger charge is 2.29. The zero-order valence-corrected chi connectivity index (χ0v) is 11.0. The molecule has 2 nitrogen and oxygen atoms in total. The fourth-order valence-electron chi connectivity index (χ4n) is 1.68. The van der Waals surface area contributed by atoms with Crippen LogP contribution in [0.25, 0.3) is 0 Å². The Kier molecular flexibility index (Phi) is 3.99. The normalized spacial score (nSPS) is 11.7. The molecule has 0 N–H and O–H groups in total. The van der Waals surface area contributed by atoms with E-state index in [1.807, 2.05) is 0 Å². The Hall–Kier alpha value is -1.96. The van der Waals surface area contributed by atoms with E-state index in [9.17, 15) is 30.4 Å². The molecule has 0 amide bonds. The van der Waals surface area contributed by atoms with Crippen LogP contribution in [0.2, 0.25) is 0 Å². The molecule has 21 heavy (non-hydrogen) atoms. The van der Waals surface area contributed by atoms with Crippen molar-refractivity contribution in [3.05, 3.63) is 65.0 Å². The molecule has 8 heteroatoms. The Morgan fingerprint density at radius 1 is 0.714 bits per heavy atom. The first-order valence-corrected chi connectivity index (χ1v) is 7.19. The van der Waals surface area contributed by atoms with Crippen molar-refractivity contribution < 1.29 is 30.4 Å². The lowest BCUT2D eigenvalue weighted by molar-refractivity contribution is 0.372. The summed E-state index contributed by atoms with van der Waals surface area (Å²) in [6, 6.07) is 6.55. The van der Waals surface area contributed by atoms with Crippen molar-refractivity contribution in [2.75, 3.05) is 0 Å². The van der Waals surface area contributed by atoms with E-state index in [-0.39, 0.29) is 4.90 Å². The molecule has 0 saturated carbocycles. The van der Waals surface area contributed by atoms with Gasteiger partial charge in [-0.3, -0.25) is 0 Å². The van der Waals surface area contributed by atoms with Crippen LogP contribution in [-0.4, -0.2) is 8.42 Å². The molecule has 0 heterocycles. The molecule has 0 bridgehead atoms. The highest BCUT2D eigenvalue weighted by molar-refractivity contribution is 7.90. The van der Waals surface area contributed by atoms with Gasteiger partial charge in [-0.2, -0.15) is 0 Å². The van der Waals surface area contributed by atoms with Crippen molar-refractivity contribution in [1.82, 2.24) is 0 Å². The van der Waals surface area contributed by atoms with Gasteiger partial charge in [0.05, 0.1) is 10.6 Å². The minimum Gasteiger partial charge on any atom is -0.223 e. The van der Waals surface area contributed by atoms with Gasteiger partial charge in [-0.1, -0.05) is 18.2 Å². The average Bonchev–Trinajstić information content (AvgIpc) is 2.48. The lowest BCUT2D eigenvalue weighted by Gasteiger charge is -2.09. The van der Waals surface area contributed by atoms with E-state index in [1.54, 1.807) is 0 Å². The van der Waals surface area contributed by atoms with Crippen molar-refractivity contribution in [2.24, 2.45) is 0 Å². The van der Waals surface area contributed by atoms with Crippen molar-refractivity contribution in [3.8, 4) is 0 Å². The van der Waals surface area contributed by atoms with Crippen LogP contribution in [0.1, 0.15) is 5.56 Å². The average molecular weight is 322 g/mol. The lowest BCUT2D eigenvalue weighted by Crippen LogP contribution is -2.12. The van der Waals surface area contributed by atoms with Gasteiger partial charge in [-0.15, -0.1) is 0 Å². The third kappa shape index (κ3) is 2.76. The predicted molar refractivity (Wildman–Crippen MR) is 63.6 cm³/mol. The van der Waals surface area contributed by atoms with Crippen LogP contribution in [0.3, 0.4) is 0 Å². The van der Waals surface area contributed by atoms with E-state index in [0.717, 1.165) is 12.1 Å². The number of hydrogen-bond donors (Lipinski definition) is 0. The standard InChI is InChI=1S/C13H7F5O2S/c14-9-8(10(15)12(17)13(18)11(9)16)6-21(19,20)7-4-2-1-3-5-7/h1-5H,6H2. The highest BCUT2D eigenvalue weighted by Crippen LogP contribution is 2.26. The van der Waals surface area contributed by atoms with E-state index < -0.39 is 50.2 Å². The third-order valence-corrected chi connectivity index (χ3v) is 4.40.